The fourth-order valence-corrected chi connectivity index (χ4v) is 4.50. The molecule has 1 aromatic rings. The summed E-state index contributed by atoms with van der Waals surface area (Å²) in [5, 5.41) is 2.44. The average molecular weight is 357 g/mol. The summed E-state index contributed by atoms with van der Waals surface area (Å²) in [6.07, 6.45) is 3.14. The van der Waals surface area contributed by atoms with E-state index in [0.717, 1.165) is 24.8 Å². The first-order valence-electron chi connectivity index (χ1n) is 7.92. The number of hydrogen-bond acceptors (Lipinski definition) is 3. The standard InChI is InChI=1S/C17H22Cl2N2O2/c1-20-11-5-7-15(20)16(17(22)21(2)23-3)12(9-11)10-4-6-13(18)14(19)8-10/h4,6,8,11-12,15-16H,5,7,9H2,1-3H3/t11?,12-,15?,16+/m1/s1. The van der Waals surface area contributed by atoms with Gasteiger partial charge in [0.25, 0.3) is 5.91 Å². The fourth-order valence-electron chi connectivity index (χ4n) is 4.19. The second-order valence-corrected chi connectivity index (χ2v) is 7.34. The molecule has 6 heteroatoms. The Morgan fingerprint density at radius 3 is 2.70 bits per heavy atom. The lowest BCUT2D eigenvalue weighted by Gasteiger charge is -2.43. The lowest BCUT2D eigenvalue weighted by Crippen LogP contribution is -2.51. The highest BCUT2D eigenvalue weighted by atomic mass is 35.5. The van der Waals surface area contributed by atoms with E-state index in [1.807, 2.05) is 18.2 Å². The highest BCUT2D eigenvalue weighted by molar-refractivity contribution is 6.42. The van der Waals surface area contributed by atoms with Crippen molar-refractivity contribution in [3.8, 4) is 0 Å². The van der Waals surface area contributed by atoms with Gasteiger partial charge >= 0.3 is 0 Å². The molecule has 0 N–H and O–H groups in total. The molecule has 126 valence electrons. The first kappa shape index (κ1) is 17.0. The summed E-state index contributed by atoms with van der Waals surface area (Å²) >= 11 is 12.3. The van der Waals surface area contributed by atoms with Crippen LogP contribution in [-0.2, 0) is 9.63 Å². The number of piperidine rings is 1. The van der Waals surface area contributed by atoms with Gasteiger partial charge in [-0.15, -0.1) is 0 Å². The molecule has 3 rings (SSSR count). The predicted octanol–water partition coefficient (Wildman–Crippen LogP) is 3.58. The summed E-state index contributed by atoms with van der Waals surface area (Å²) in [7, 11) is 5.33. The molecular formula is C17H22Cl2N2O2. The van der Waals surface area contributed by atoms with Crippen molar-refractivity contribution < 1.29 is 9.63 Å². The SMILES string of the molecule is CON(C)C(=O)[C@@H]1C2CCC(C[C@@H]1c1ccc(Cl)c(Cl)c1)N2C. The second kappa shape index (κ2) is 6.60. The second-order valence-electron chi connectivity index (χ2n) is 6.52. The van der Waals surface area contributed by atoms with Crippen LogP contribution in [0.15, 0.2) is 18.2 Å². The molecule has 2 aliphatic rings. The van der Waals surface area contributed by atoms with Crippen LogP contribution < -0.4 is 0 Å². The monoisotopic (exact) mass is 356 g/mol. The zero-order valence-electron chi connectivity index (χ0n) is 13.6. The Hall–Kier alpha value is -0.810. The number of carbonyl (C=O) groups excluding carboxylic acids is 1. The topological polar surface area (TPSA) is 32.8 Å². The normalized spacial score (nSPS) is 30.5. The van der Waals surface area contributed by atoms with Crippen molar-refractivity contribution in [1.82, 2.24) is 9.96 Å². The van der Waals surface area contributed by atoms with Crippen LogP contribution >= 0.6 is 23.2 Å². The maximum absolute atomic E-state index is 12.9. The van der Waals surface area contributed by atoms with Gasteiger partial charge in [-0.05, 0) is 49.9 Å². The summed E-state index contributed by atoms with van der Waals surface area (Å²) in [5.41, 5.74) is 1.09. The van der Waals surface area contributed by atoms with Crippen molar-refractivity contribution in [2.75, 3.05) is 21.2 Å². The molecule has 0 aromatic heterocycles. The molecule has 2 unspecified atom stereocenters. The van der Waals surface area contributed by atoms with E-state index in [2.05, 4.69) is 11.9 Å². The van der Waals surface area contributed by atoms with Crippen molar-refractivity contribution in [3.63, 3.8) is 0 Å². The highest BCUT2D eigenvalue weighted by Crippen LogP contribution is 2.47. The molecule has 0 spiro atoms. The third kappa shape index (κ3) is 2.98. The Kier molecular flexibility index (Phi) is 4.88. The van der Waals surface area contributed by atoms with Crippen molar-refractivity contribution in [2.45, 2.75) is 37.3 Å². The predicted molar refractivity (Wildman–Crippen MR) is 91.7 cm³/mol. The van der Waals surface area contributed by atoms with E-state index in [9.17, 15) is 4.79 Å². The largest absolute Gasteiger partial charge is 0.300 e. The van der Waals surface area contributed by atoms with E-state index >= 15 is 0 Å². The van der Waals surface area contributed by atoms with Gasteiger partial charge in [0.15, 0.2) is 0 Å². The third-order valence-corrected chi connectivity index (χ3v) is 6.25. The molecule has 2 fully saturated rings. The van der Waals surface area contributed by atoms with Crippen LogP contribution in [0.3, 0.4) is 0 Å². The minimum absolute atomic E-state index is 0.0285. The van der Waals surface area contributed by atoms with E-state index in [1.165, 1.54) is 12.2 Å². The van der Waals surface area contributed by atoms with Gasteiger partial charge in [0, 0.05) is 19.1 Å². The molecule has 1 amide bonds. The number of nitrogens with zero attached hydrogens (tertiary/aromatic N) is 2. The summed E-state index contributed by atoms with van der Waals surface area (Å²) < 4.78 is 0. The Bertz CT molecular complexity index is 610. The van der Waals surface area contributed by atoms with Crippen molar-refractivity contribution in [3.05, 3.63) is 33.8 Å². The van der Waals surface area contributed by atoms with Crippen LogP contribution in [0, 0.1) is 5.92 Å². The van der Waals surface area contributed by atoms with Gasteiger partial charge in [0.2, 0.25) is 0 Å². The number of amides is 1. The van der Waals surface area contributed by atoms with Crippen LogP contribution in [0.1, 0.15) is 30.7 Å². The van der Waals surface area contributed by atoms with E-state index < -0.39 is 0 Å². The van der Waals surface area contributed by atoms with Crippen LogP contribution in [0.4, 0.5) is 0 Å². The van der Waals surface area contributed by atoms with Crippen LogP contribution in [0.25, 0.3) is 0 Å². The number of hydroxylamine groups is 2. The maximum Gasteiger partial charge on any atom is 0.251 e. The summed E-state index contributed by atoms with van der Waals surface area (Å²) in [5.74, 6) is 0.0466. The Morgan fingerprint density at radius 2 is 2.04 bits per heavy atom. The lowest BCUT2D eigenvalue weighted by molar-refractivity contribution is -0.177. The maximum atomic E-state index is 12.9. The van der Waals surface area contributed by atoms with Crippen molar-refractivity contribution >= 4 is 29.1 Å². The molecule has 2 bridgehead atoms. The molecule has 4 nitrogen and oxygen atoms in total. The van der Waals surface area contributed by atoms with E-state index in [-0.39, 0.29) is 23.8 Å². The van der Waals surface area contributed by atoms with Crippen molar-refractivity contribution in [2.24, 2.45) is 5.92 Å². The number of hydrogen-bond donors (Lipinski definition) is 0. The van der Waals surface area contributed by atoms with Gasteiger partial charge < -0.3 is 0 Å². The molecule has 0 aliphatic carbocycles. The number of halogens is 2. The first-order valence-corrected chi connectivity index (χ1v) is 8.68. The fraction of sp³-hybridized carbons (Fsp3) is 0.588. The molecule has 0 radical (unpaired) electrons. The minimum atomic E-state index is -0.124. The number of carbonyl (C=O) groups is 1. The zero-order valence-corrected chi connectivity index (χ0v) is 15.1. The van der Waals surface area contributed by atoms with Gasteiger partial charge in [-0.2, -0.15) is 0 Å². The highest BCUT2D eigenvalue weighted by Gasteiger charge is 2.49. The number of fused-ring (bicyclic) bond motifs is 2. The quantitative estimate of drug-likeness (QED) is 0.776. The number of rotatable bonds is 3. The van der Waals surface area contributed by atoms with Gasteiger partial charge in [0.1, 0.15) is 0 Å². The average Bonchev–Trinajstić information content (AvgIpc) is 2.78. The van der Waals surface area contributed by atoms with E-state index in [1.54, 1.807) is 7.05 Å². The lowest BCUT2D eigenvalue weighted by atomic mass is 9.75. The third-order valence-electron chi connectivity index (χ3n) is 5.51. The van der Waals surface area contributed by atoms with E-state index in [4.69, 9.17) is 28.0 Å². The van der Waals surface area contributed by atoms with Crippen LogP contribution in [-0.4, -0.2) is 49.2 Å². The summed E-state index contributed by atoms with van der Waals surface area (Å²) in [6, 6.07) is 6.50. The molecular weight excluding hydrogens is 335 g/mol. The summed E-state index contributed by atoms with van der Waals surface area (Å²) in [4.78, 5) is 20.4. The van der Waals surface area contributed by atoms with Crippen LogP contribution in [0.2, 0.25) is 10.0 Å². The zero-order chi connectivity index (χ0) is 16.7. The van der Waals surface area contributed by atoms with E-state index in [0.29, 0.717) is 16.1 Å². The summed E-state index contributed by atoms with van der Waals surface area (Å²) in [6.45, 7) is 0. The molecule has 0 saturated carbocycles. The minimum Gasteiger partial charge on any atom is -0.300 e. The molecule has 23 heavy (non-hydrogen) atoms. The Morgan fingerprint density at radius 1 is 1.30 bits per heavy atom. The van der Waals surface area contributed by atoms with Gasteiger partial charge in [-0.25, -0.2) is 5.06 Å². The molecule has 1 aromatic carbocycles. The molecule has 2 heterocycles. The van der Waals surface area contributed by atoms with Gasteiger partial charge in [0.05, 0.1) is 23.1 Å². The van der Waals surface area contributed by atoms with Gasteiger partial charge in [-0.1, -0.05) is 29.3 Å². The van der Waals surface area contributed by atoms with Crippen molar-refractivity contribution in [1.29, 1.82) is 0 Å². The Balaban J connectivity index is 1.98. The molecule has 2 aliphatic heterocycles. The first-order chi connectivity index (χ1) is 10.9. The van der Waals surface area contributed by atoms with Crippen LogP contribution in [0.5, 0.6) is 0 Å². The molecule has 2 saturated heterocycles. The number of benzene rings is 1. The smallest absolute Gasteiger partial charge is 0.251 e. The Labute approximate surface area is 147 Å². The van der Waals surface area contributed by atoms with Gasteiger partial charge in [-0.3, -0.25) is 14.5 Å². The molecule has 4 atom stereocenters.